The predicted molar refractivity (Wildman–Crippen MR) is 66.3 cm³/mol. The minimum atomic E-state index is -0.180. The van der Waals surface area contributed by atoms with Crippen LogP contribution in [0.4, 0.5) is 0 Å². The van der Waals surface area contributed by atoms with Crippen molar-refractivity contribution in [2.45, 2.75) is 32.9 Å². The van der Waals surface area contributed by atoms with Crippen LogP contribution in [0.15, 0.2) is 24.3 Å². The second-order valence-corrected chi connectivity index (χ2v) is 4.14. The molecule has 0 radical (unpaired) electrons. The molecule has 1 unspecified atom stereocenters. The van der Waals surface area contributed by atoms with Crippen molar-refractivity contribution < 1.29 is 4.79 Å². The maximum absolute atomic E-state index is 11.4. The van der Waals surface area contributed by atoms with Gasteiger partial charge in [0.15, 0.2) is 0 Å². The van der Waals surface area contributed by atoms with Crippen LogP contribution in [0.25, 0.3) is 0 Å². The minimum Gasteiger partial charge on any atom is -0.358 e. The van der Waals surface area contributed by atoms with Crippen LogP contribution >= 0.6 is 0 Å². The zero-order valence-corrected chi connectivity index (χ0v) is 10.4. The van der Waals surface area contributed by atoms with Crippen LogP contribution in [-0.4, -0.2) is 19.0 Å². The zero-order chi connectivity index (χ0) is 12.1. The van der Waals surface area contributed by atoms with E-state index in [1.807, 2.05) is 13.0 Å². The van der Waals surface area contributed by atoms with Gasteiger partial charge in [0.1, 0.15) is 0 Å². The van der Waals surface area contributed by atoms with Crippen molar-refractivity contribution >= 4 is 5.91 Å². The number of hydrogen-bond donors (Lipinski definition) is 2. The van der Waals surface area contributed by atoms with Crippen LogP contribution in [0.1, 0.15) is 31.0 Å². The summed E-state index contributed by atoms with van der Waals surface area (Å²) in [5, 5.41) is 5.89. The Bertz CT molecular complexity index is 363. The first kappa shape index (κ1) is 12.7. The molecule has 0 aliphatic carbocycles. The number of amides is 1. The van der Waals surface area contributed by atoms with Gasteiger partial charge in [0.2, 0.25) is 5.91 Å². The summed E-state index contributed by atoms with van der Waals surface area (Å²) in [6.45, 7) is 6.00. The Labute approximate surface area is 97.2 Å². The second kappa shape index (κ2) is 5.66. The average molecular weight is 220 g/mol. The van der Waals surface area contributed by atoms with E-state index in [1.165, 1.54) is 11.1 Å². The molecular weight excluding hydrogens is 200 g/mol. The summed E-state index contributed by atoms with van der Waals surface area (Å²) in [4.78, 5) is 11.4. The number of benzene rings is 1. The quantitative estimate of drug-likeness (QED) is 0.812. The summed E-state index contributed by atoms with van der Waals surface area (Å²) in [5.41, 5.74) is 2.44. The fourth-order valence-electron chi connectivity index (χ4n) is 1.70. The molecule has 0 saturated carbocycles. The first-order valence-corrected chi connectivity index (χ1v) is 5.58. The smallest absolute Gasteiger partial charge is 0.236 e. The molecule has 0 saturated heterocycles. The van der Waals surface area contributed by atoms with E-state index in [4.69, 9.17) is 0 Å². The fourth-order valence-corrected chi connectivity index (χ4v) is 1.70. The van der Waals surface area contributed by atoms with Crippen LogP contribution in [0, 0.1) is 6.92 Å². The standard InChI is InChI=1S/C13H20N2O/c1-9-6-5-7-12(8-9)10(2)15-11(3)13(16)14-4/h5-8,10-11,15H,1-4H3,(H,14,16)/t10-,11?/m1/s1. The third-order valence-electron chi connectivity index (χ3n) is 2.68. The summed E-state index contributed by atoms with van der Waals surface area (Å²) in [7, 11) is 1.65. The second-order valence-electron chi connectivity index (χ2n) is 4.14. The third-order valence-corrected chi connectivity index (χ3v) is 2.68. The molecule has 0 bridgehead atoms. The van der Waals surface area contributed by atoms with Gasteiger partial charge in [0.05, 0.1) is 6.04 Å². The molecule has 0 fully saturated rings. The maximum atomic E-state index is 11.4. The Morgan fingerprint density at radius 1 is 1.31 bits per heavy atom. The first-order valence-electron chi connectivity index (χ1n) is 5.58. The molecule has 3 heteroatoms. The number of carbonyl (C=O) groups is 1. The molecule has 1 rings (SSSR count). The molecule has 88 valence electrons. The molecule has 1 aromatic rings. The van der Waals surface area contributed by atoms with Crippen molar-refractivity contribution in [3.63, 3.8) is 0 Å². The number of aryl methyl sites for hydroxylation is 1. The van der Waals surface area contributed by atoms with Gasteiger partial charge in [-0.25, -0.2) is 0 Å². The lowest BCUT2D eigenvalue weighted by atomic mass is 10.1. The van der Waals surface area contributed by atoms with Crippen molar-refractivity contribution in [2.75, 3.05) is 7.05 Å². The largest absolute Gasteiger partial charge is 0.358 e. The molecular formula is C13H20N2O. The average Bonchev–Trinajstić information content (AvgIpc) is 2.27. The molecule has 3 nitrogen and oxygen atoms in total. The number of nitrogens with one attached hydrogen (secondary N) is 2. The van der Waals surface area contributed by atoms with E-state index in [-0.39, 0.29) is 18.0 Å². The Hall–Kier alpha value is -1.35. The van der Waals surface area contributed by atoms with Gasteiger partial charge in [-0.1, -0.05) is 29.8 Å². The van der Waals surface area contributed by atoms with E-state index in [9.17, 15) is 4.79 Å². The van der Waals surface area contributed by atoms with Gasteiger partial charge in [-0.3, -0.25) is 10.1 Å². The van der Waals surface area contributed by atoms with Crippen LogP contribution in [0.3, 0.4) is 0 Å². The van der Waals surface area contributed by atoms with Gasteiger partial charge in [-0.2, -0.15) is 0 Å². The van der Waals surface area contributed by atoms with E-state index in [2.05, 4.69) is 42.7 Å². The highest BCUT2D eigenvalue weighted by molar-refractivity contribution is 5.80. The number of carbonyl (C=O) groups excluding carboxylic acids is 1. The molecule has 16 heavy (non-hydrogen) atoms. The lowest BCUT2D eigenvalue weighted by molar-refractivity contribution is -0.122. The highest BCUT2D eigenvalue weighted by atomic mass is 16.2. The van der Waals surface area contributed by atoms with Crippen molar-refractivity contribution in [3.05, 3.63) is 35.4 Å². The first-order chi connectivity index (χ1) is 7.54. The summed E-state index contributed by atoms with van der Waals surface area (Å²) >= 11 is 0. The van der Waals surface area contributed by atoms with Crippen molar-refractivity contribution in [1.82, 2.24) is 10.6 Å². The number of likely N-dealkylation sites (N-methyl/N-ethyl adjacent to an activating group) is 1. The Balaban J connectivity index is 2.65. The molecule has 0 heterocycles. The van der Waals surface area contributed by atoms with Crippen LogP contribution in [0.2, 0.25) is 0 Å². The van der Waals surface area contributed by atoms with Gasteiger partial charge in [-0.15, -0.1) is 0 Å². The highest BCUT2D eigenvalue weighted by Crippen LogP contribution is 2.14. The molecule has 0 aliphatic heterocycles. The number of rotatable bonds is 4. The molecule has 2 N–H and O–H groups in total. The monoisotopic (exact) mass is 220 g/mol. The van der Waals surface area contributed by atoms with E-state index in [0.29, 0.717) is 0 Å². The molecule has 0 spiro atoms. The van der Waals surface area contributed by atoms with E-state index < -0.39 is 0 Å². The van der Waals surface area contributed by atoms with Crippen LogP contribution in [-0.2, 0) is 4.79 Å². The van der Waals surface area contributed by atoms with Gasteiger partial charge in [0.25, 0.3) is 0 Å². The Morgan fingerprint density at radius 3 is 2.56 bits per heavy atom. The normalized spacial score (nSPS) is 14.2. The predicted octanol–water partition coefficient (Wildman–Crippen LogP) is 1.78. The Kier molecular flexibility index (Phi) is 4.50. The van der Waals surface area contributed by atoms with E-state index in [1.54, 1.807) is 7.05 Å². The fraction of sp³-hybridized carbons (Fsp3) is 0.462. The summed E-state index contributed by atoms with van der Waals surface area (Å²) < 4.78 is 0. The molecule has 0 aliphatic rings. The van der Waals surface area contributed by atoms with Crippen LogP contribution in [0.5, 0.6) is 0 Å². The number of hydrogen-bond acceptors (Lipinski definition) is 2. The van der Waals surface area contributed by atoms with Gasteiger partial charge < -0.3 is 5.32 Å². The topological polar surface area (TPSA) is 41.1 Å². The molecule has 2 atom stereocenters. The van der Waals surface area contributed by atoms with Crippen molar-refractivity contribution in [3.8, 4) is 0 Å². The van der Waals surface area contributed by atoms with Gasteiger partial charge in [0, 0.05) is 13.1 Å². The maximum Gasteiger partial charge on any atom is 0.236 e. The molecule has 1 amide bonds. The Morgan fingerprint density at radius 2 is 2.00 bits per heavy atom. The third kappa shape index (κ3) is 3.35. The minimum absolute atomic E-state index is 0.0134. The zero-order valence-electron chi connectivity index (χ0n) is 10.4. The van der Waals surface area contributed by atoms with Crippen molar-refractivity contribution in [1.29, 1.82) is 0 Å². The van der Waals surface area contributed by atoms with Crippen LogP contribution < -0.4 is 10.6 Å². The lowest BCUT2D eigenvalue weighted by Gasteiger charge is -2.19. The van der Waals surface area contributed by atoms with Gasteiger partial charge >= 0.3 is 0 Å². The van der Waals surface area contributed by atoms with E-state index in [0.717, 1.165) is 0 Å². The molecule has 0 aromatic heterocycles. The highest BCUT2D eigenvalue weighted by Gasteiger charge is 2.14. The summed E-state index contributed by atoms with van der Waals surface area (Å²) in [6, 6.07) is 8.30. The molecule has 1 aromatic carbocycles. The summed E-state index contributed by atoms with van der Waals surface area (Å²) in [6.07, 6.45) is 0. The van der Waals surface area contributed by atoms with Crippen molar-refractivity contribution in [2.24, 2.45) is 0 Å². The van der Waals surface area contributed by atoms with E-state index >= 15 is 0 Å². The lowest BCUT2D eigenvalue weighted by Crippen LogP contribution is -2.41. The SMILES string of the molecule is CNC(=O)C(C)N[C@H](C)c1cccc(C)c1. The van der Waals surface area contributed by atoms with Gasteiger partial charge in [-0.05, 0) is 26.3 Å². The summed E-state index contributed by atoms with van der Waals surface area (Å²) in [5.74, 6) is 0.0134.